The molecule has 1 aliphatic heterocycles. The Balaban J connectivity index is 1.51. The number of nitrogens with zero attached hydrogens (tertiary/aromatic N) is 3. The maximum atomic E-state index is 13.6. The van der Waals surface area contributed by atoms with Gasteiger partial charge in [-0.25, -0.2) is 25.1 Å². The predicted octanol–water partition coefficient (Wildman–Crippen LogP) is 2.92. The molecule has 182 valence electrons. The first-order chi connectivity index (χ1) is 16.1. The first-order valence-corrected chi connectivity index (χ1v) is 14.0. The second-order valence-electron chi connectivity index (χ2n) is 8.90. The molecule has 0 atom stereocenters. The van der Waals surface area contributed by atoms with Gasteiger partial charge in [-0.15, -0.1) is 0 Å². The molecule has 2 aliphatic rings. The van der Waals surface area contributed by atoms with Crippen LogP contribution >= 0.6 is 0 Å². The summed E-state index contributed by atoms with van der Waals surface area (Å²) < 4.78 is 65.9. The number of benzene rings is 1. The molecule has 0 bridgehead atoms. The van der Waals surface area contributed by atoms with Crippen molar-refractivity contribution in [2.75, 3.05) is 27.3 Å². The number of rotatable bonds is 5. The zero-order valence-corrected chi connectivity index (χ0v) is 20.7. The molecule has 1 saturated heterocycles. The number of hydrogen-bond donors (Lipinski definition) is 0. The average Bonchev–Trinajstić information content (AvgIpc) is 3.45. The zero-order chi connectivity index (χ0) is 24.1. The Morgan fingerprint density at radius 2 is 1.59 bits per heavy atom. The van der Waals surface area contributed by atoms with Crippen LogP contribution in [0.1, 0.15) is 37.2 Å². The topological polar surface area (TPSA) is 108 Å². The summed E-state index contributed by atoms with van der Waals surface area (Å²) in [6.07, 6.45) is 6.46. The predicted molar refractivity (Wildman–Crippen MR) is 125 cm³/mol. The van der Waals surface area contributed by atoms with Crippen molar-refractivity contribution in [3.8, 4) is 0 Å². The fraction of sp³-hybridized carbons (Fsp3) is 0.435. The summed E-state index contributed by atoms with van der Waals surface area (Å²) in [5, 5.41) is 0. The van der Waals surface area contributed by atoms with Crippen LogP contribution in [0, 0.1) is 0 Å². The fourth-order valence-electron chi connectivity index (χ4n) is 4.81. The summed E-state index contributed by atoms with van der Waals surface area (Å²) in [6, 6.07) is 8.73. The van der Waals surface area contributed by atoms with E-state index in [9.17, 15) is 16.8 Å². The van der Waals surface area contributed by atoms with Gasteiger partial charge in [0.2, 0.25) is 10.0 Å². The van der Waals surface area contributed by atoms with Gasteiger partial charge in [0.15, 0.2) is 5.79 Å². The third-order valence-electron chi connectivity index (χ3n) is 6.71. The van der Waals surface area contributed by atoms with Crippen LogP contribution in [-0.2, 0) is 29.5 Å². The van der Waals surface area contributed by atoms with Crippen LogP contribution in [0.4, 0.5) is 0 Å². The van der Waals surface area contributed by atoms with Gasteiger partial charge in [-0.2, -0.15) is 0 Å². The molecule has 3 aromatic rings. The molecule has 0 unspecified atom stereocenters. The molecule has 3 heterocycles. The molecule has 2 aromatic heterocycles. The van der Waals surface area contributed by atoms with E-state index in [0.717, 1.165) is 35.6 Å². The highest BCUT2D eigenvalue weighted by Gasteiger charge is 2.41. The minimum Gasteiger partial charge on any atom is -0.348 e. The van der Waals surface area contributed by atoms with E-state index < -0.39 is 25.8 Å². The van der Waals surface area contributed by atoms with Crippen LogP contribution in [0.3, 0.4) is 0 Å². The summed E-state index contributed by atoms with van der Waals surface area (Å²) >= 11 is 0. The maximum absolute atomic E-state index is 13.6. The number of fused-ring (bicyclic) bond motifs is 1. The molecular weight excluding hydrogens is 478 g/mol. The number of sulfonamides is 1. The molecule has 1 saturated carbocycles. The Bertz CT molecular complexity index is 1410. The van der Waals surface area contributed by atoms with E-state index in [0.29, 0.717) is 24.2 Å². The molecule has 11 heteroatoms. The Labute approximate surface area is 199 Å². The zero-order valence-electron chi connectivity index (χ0n) is 19.0. The average molecular weight is 506 g/mol. The van der Waals surface area contributed by atoms with Crippen molar-refractivity contribution >= 4 is 31.1 Å². The van der Waals surface area contributed by atoms with Gasteiger partial charge in [-0.3, -0.25) is 4.98 Å². The lowest BCUT2D eigenvalue weighted by Crippen LogP contribution is -2.34. The largest absolute Gasteiger partial charge is 0.348 e. The van der Waals surface area contributed by atoms with Gasteiger partial charge in [-0.1, -0.05) is 0 Å². The van der Waals surface area contributed by atoms with Gasteiger partial charge in [0, 0.05) is 44.9 Å². The molecule has 1 spiro atoms. The monoisotopic (exact) mass is 505 g/mol. The van der Waals surface area contributed by atoms with Crippen molar-refractivity contribution in [1.82, 2.24) is 13.3 Å². The van der Waals surface area contributed by atoms with E-state index in [-0.39, 0.29) is 15.7 Å². The molecule has 1 aromatic carbocycles. The highest BCUT2D eigenvalue weighted by molar-refractivity contribution is 7.90. The number of pyridine rings is 1. The van der Waals surface area contributed by atoms with E-state index in [2.05, 4.69) is 4.98 Å². The van der Waals surface area contributed by atoms with Gasteiger partial charge in [0.25, 0.3) is 10.0 Å². The Morgan fingerprint density at radius 1 is 0.971 bits per heavy atom. The van der Waals surface area contributed by atoms with Gasteiger partial charge in [0.05, 0.1) is 34.0 Å². The number of hydrogen-bond acceptors (Lipinski definition) is 7. The minimum atomic E-state index is -3.97. The van der Waals surface area contributed by atoms with Crippen LogP contribution in [0.25, 0.3) is 11.0 Å². The standard InChI is InChI=1S/C23H27N3O6S2/c1-25(2)33(27,28)18-5-7-19(8-6-18)34(29,30)26-16-20(22-21(26)4-3-13-24-22)17-9-11-23(12-10-17)31-14-15-32-23/h3-8,13,16-17H,9-12,14-15H2,1-2H3. The normalized spacial score (nSPS) is 19.4. The van der Waals surface area contributed by atoms with Crippen molar-refractivity contribution < 1.29 is 26.3 Å². The van der Waals surface area contributed by atoms with E-state index in [1.54, 1.807) is 24.5 Å². The van der Waals surface area contributed by atoms with Crippen LogP contribution in [-0.4, -0.2) is 63.2 Å². The minimum absolute atomic E-state index is 0.00728. The molecule has 5 rings (SSSR count). The first kappa shape index (κ1) is 23.4. The van der Waals surface area contributed by atoms with E-state index in [1.165, 1.54) is 42.3 Å². The van der Waals surface area contributed by atoms with Gasteiger partial charge >= 0.3 is 0 Å². The Hall–Kier alpha value is -2.31. The molecule has 0 amide bonds. The number of ether oxygens (including phenoxy) is 2. The van der Waals surface area contributed by atoms with Crippen molar-refractivity contribution in [3.05, 3.63) is 54.4 Å². The first-order valence-electron chi connectivity index (χ1n) is 11.2. The van der Waals surface area contributed by atoms with Crippen molar-refractivity contribution in [3.63, 3.8) is 0 Å². The summed E-state index contributed by atoms with van der Waals surface area (Å²) in [5.41, 5.74) is 2.04. The lowest BCUT2D eigenvalue weighted by atomic mass is 9.81. The highest BCUT2D eigenvalue weighted by Crippen LogP contribution is 2.44. The molecule has 1 aliphatic carbocycles. The summed E-state index contributed by atoms with van der Waals surface area (Å²) in [5.74, 6) is -0.358. The summed E-state index contributed by atoms with van der Waals surface area (Å²) in [7, 11) is -4.77. The summed E-state index contributed by atoms with van der Waals surface area (Å²) in [6.45, 7) is 1.22. The molecule has 0 radical (unpaired) electrons. The van der Waals surface area contributed by atoms with Crippen LogP contribution in [0.5, 0.6) is 0 Å². The van der Waals surface area contributed by atoms with Crippen LogP contribution in [0.2, 0.25) is 0 Å². The van der Waals surface area contributed by atoms with E-state index in [1.807, 2.05) is 0 Å². The third-order valence-corrected chi connectivity index (χ3v) is 10.2. The second-order valence-corrected chi connectivity index (χ2v) is 12.9. The Kier molecular flexibility index (Phi) is 5.80. The van der Waals surface area contributed by atoms with E-state index >= 15 is 0 Å². The van der Waals surface area contributed by atoms with Crippen molar-refractivity contribution in [2.45, 2.75) is 47.2 Å². The van der Waals surface area contributed by atoms with Crippen molar-refractivity contribution in [2.24, 2.45) is 0 Å². The molecule has 34 heavy (non-hydrogen) atoms. The maximum Gasteiger partial charge on any atom is 0.268 e. The molecule has 9 nitrogen and oxygen atoms in total. The van der Waals surface area contributed by atoms with Crippen molar-refractivity contribution in [1.29, 1.82) is 0 Å². The second kappa shape index (κ2) is 8.42. The van der Waals surface area contributed by atoms with Gasteiger partial charge in [-0.05, 0) is 55.2 Å². The van der Waals surface area contributed by atoms with Crippen LogP contribution < -0.4 is 0 Å². The molecule has 2 fully saturated rings. The smallest absolute Gasteiger partial charge is 0.268 e. The molecule has 0 N–H and O–H groups in total. The SMILES string of the molecule is CN(C)S(=O)(=O)c1ccc(S(=O)(=O)n2cc(C3CCC4(CC3)OCCO4)c3ncccc32)cc1. The third kappa shape index (κ3) is 3.85. The van der Waals surface area contributed by atoms with Gasteiger partial charge < -0.3 is 9.47 Å². The molecular formula is C23H27N3O6S2. The Morgan fingerprint density at radius 3 is 2.21 bits per heavy atom. The van der Waals surface area contributed by atoms with Crippen LogP contribution in [0.15, 0.2) is 58.6 Å². The lowest BCUT2D eigenvalue weighted by Gasteiger charge is -2.35. The lowest BCUT2D eigenvalue weighted by molar-refractivity contribution is -0.178. The quantitative estimate of drug-likeness (QED) is 0.525. The van der Waals surface area contributed by atoms with E-state index in [4.69, 9.17) is 9.47 Å². The number of aromatic nitrogens is 2. The fourth-order valence-corrected chi connectivity index (χ4v) is 7.08. The highest BCUT2D eigenvalue weighted by atomic mass is 32.2. The van der Waals surface area contributed by atoms with Gasteiger partial charge in [0.1, 0.15) is 0 Å². The summed E-state index contributed by atoms with van der Waals surface area (Å²) in [4.78, 5) is 4.54.